The van der Waals surface area contributed by atoms with E-state index in [-0.39, 0.29) is 36.9 Å². The van der Waals surface area contributed by atoms with Crippen molar-refractivity contribution in [1.82, 2.24) is 14.5 Å². The first-order valence-electron chi connectivity index (χ1n) is 10.2. The molecule has 1 aromatic carbocycles. The fraction of sp³-hybridized carbons (Fsp3) is 0.261. The van der Waals surface area contributed by atoms with Crippen molar-refractivity contribution in [3.05, 3.63) is 76.6 Å². The molecule has 4 rings (SSSR count). The van der Waals surface area contributed by atoms with Crippen LogP contribution in [0, 0.1) is 12.7 Å². The molecule has 3 N–H and O–H groups in total. The molecule has 1 unspecified atom stereocenters. The highest BCUT2D eigenvalue weighted by Gasteiger charge is 2.35. The van der Waals surface area contributed by atoms with Gasteiger partial charge in [-0.1, -0.05) is 6.08 Å². The molecule has 1 aliphatic heterocycles. The lowest BCUT2D eigenvalue weighted by molar-refractivity contribution is -0.122. The predicted octanol–water partition coefficient (Wildman–Crippen LogP) is 1.78. The van der Waals surface area contributed by atoms with E-state index in [0.29, 0.717) is 23.0 Å². The van der Waals surface area contributed by atoms with Crippen molar-refractivity contribution in [1.29, 1.82) is 0 Å². The summed E-state index contributed by atoms with van der Waals surface area (Å²) < 4.78 is 14.7. The molecular weight excluding hydrogens is 413 g/mol. The van der Waals surface area contributed by atoms with E-state index in [2.05, 4.69) is 11.6 Å². The van der Waals surface area contributed by atoms with Gasteiger partial charge in [-0.2, -0.15) is 0 Å². The number of carbonyl (C=O) groups excluding carboxylic acids is 2. The van der Waals surface area contributed by atoms with Crippen LogP contribution in [0.1, 0.15) is 16.1 Å². The van der Waals surface area contributed by atoms with Gasteiger partial charge < -0.3 is 25.1 Å². The Hall–Kier alpha value is -3.88. The second kappa shape index (κ2) is 8.33. The van der Waals surface area contributed by atoms with Crippen LogP contribution in [-0.4, -0.2) is 51.9 Å². The van der Waals surface area contributed by atoms with Crippen LogP contribution in [-0.2, 0) is 11.3 Å². The van der Waals surface area contributed by atoms with Gasteiger partial charge in [-0.25, -0.2) is 4.39 Å². The molecule has 32 heavy (non-hydrogen) atoms. The molecule has 8 nitrogen and oxygen atoms in total. The number of benzene rings is 1. The number of aryl methyl sites for hydroxylation is 1. The van der Waals surface area contributed by atoms with E-state index in [9.17, 15) is 18.8 Å². The Morgan fingerprint density at radius 1 is 1.28 bits per heavy atom. The lowest BCUT2D eigenvalue weighted by Gasteiger charge is -2.41. The van der Waals surface area contributed by atoms with Crippen LogP contribution < -0.4 is 16.2 Å². The SMILES string of the molecule is C=CCn1cc(C(=O)N2CCN(c3ccc(F)cc3)CC2C(N)=O)c2cc(C)[nH]c2c1=O. The molecule has 2 aromatic heterocycles. The molecule has 3 heterocycles. The standard InChI is InChI=1S/C23H24FN5O3/c1-3-8-28-12-18(17-11-14(2)26-20(17)23(28)32)22(31)29-10-9-27(13-19(29)21(25)30)16-6-4-15(24)5-7-16/h3-7,11-12,19,26H,1,8-10,13H2,2H3,(H2,25,30). The van der Waals surface area contributed by atoms with Gasteiger partial charge in [0, 0.05) is 49.1 Å². The number of halogens is 1. The molecule has 1 atom stereocenters. The number of pyridine rings is 1. The van der Waals surface area contributed by atoms with Crippen molar-refractivity contribution in [3.63, 3.8) is 0 Å². The van der Waals surface area contributed by atoms with Crippen LogP contribution in [0.3, 0.4) is 0 Å². The zero-order valence-electron chi connectivity index (χ0n) is 17.7. The van der Waals surface area contributed by atoms with Crippen LogP contribution in [0.2, 0.25) is 0 Å². The number of amides is 2. The fourth-order valence-corrected chi connectivity index (χ4v) is 4.15. The van der Waals surface area contributed by atoms with Gasteiger partial charge in [0.05, 0.1) is 5.56 Å². The highest BCUT2D eigenvalue weighted by Crippen LogP contribution is 2.24. The molecular formula is C23H24FN5O3. The minimum atomic E-state index is -0.879. The first-order chi connectivity index (χ1) is 15.3. The maximum Gasteiger partial charge on any atom is 0.275 e. The highest BCUT2D eigenvalue weighted by molar-refractivity contribution is 6.07. The van der Waals surface area contributed by atoms with Crippen LogP contribution in [0.25, 0.3) is 10.9 Å². The molecule has 1 fully saturated rings. The average Bonchev–Trinajstić information content (AvgIpc) is 3.17. The third-order valence-electron chi connectivity index (χ3n) is 5.72. The van der Waals surface area contributed by atoms with Crippen LogP contribution in [0.4, 0.5) is 10.1 Å². The number of nitrogens with two attached hydrogens (primary N) is 1. The number of fused-ring (bicyclic) bond motifs is 1. The van der Waals surface area contributed by atoms with Gasteiger partial charge in [-0.15, -0.1) is 6.58 Å². The number of allylic oxidation sites excluding steroid dienone is 1. The highest BCUT2D eigenvalue weighted by atomic mass is 19.1. The molecule has 0 bridgehead atoms. The van der Waals surface area contributed by atoms with Crippen LogP contribution >= 0.6 is 0 Å². The van der Waals surface area contributed by atoms with Crippen molar-refractivity contribution in [2.24, 2.45) is 5.73 Å². The van der Waals surface area contributed by atoms with Crippen LogP contribution in [0.15, 0.2) is 54.0 Å². The number of H-pyrrole nitrogens is 1. The first kappa shape index (κ1) is 21.4. The number of nitrogens with zero attached hydrogens (tertiary/aromatic N) is 3. The largest absolute Gasteiger partial charge is 0.368 e. The van der Waals surface area contributed by atoms with Crippen LogP contribution in [0.5, 0.6) is 0 Å². The second-order valence-corrected chi connectivity index (χ2v) is 7.87. The maximum atomic E-state index is 13.6. The average molecular weight is 437 g/mol. The summed E-state index contributed by atoms with van der Waals surface area (Å²) >= 11 is 0. The number of nitrogens with one attached hydrogen (secondary N) is 1. The van der Waals surface area contributed by atoms with E-state index in [1.165, 1.54) is 27.8 Å². The van der Waals surface area contributed by atoms with E-state index in [0.717, 1.165) is 11.4 Å². The molecule has 3 aromatic rings. The number of primary amides is 1. The summed E-state index contributed by atoms with van der Waals surface area (Å²) in [5.41, 5.74) is 7.54. The van der Waals surface area contributed by atoms with E-state index >= 15 is 0 Å². The summed E-state index contributed by atoms with van der Waals surface area (Å²) in [6.07, 6.45) is 3.08. The monoisotopic (exact) mass is 437 g/mol. The fourth-order valence-electron chi connectivity index (χ4n) is 4.15. The van der Waals surface area contributed by atoms with E-state index in [4.69, 9.17) is 5.73 Å². The first-order valence-corrected chi connectivity index (χ1v) is 10.2. The van der Waals surface area contributed by atoms with Gasteiger partial charge in [0.15, 0.2) is 0 Å². The number of carbonyl (C=O) groups is 2. The Kier molecular flexibility index (Phi) is 5.56. The summed E-state index contributed by atoms with van der Waals surface area (Å²) in [5, 5.41) is 0.502. The zero-order valence-corrected chi connectivity index (χ0v) is 17.7. The zero-order chi connectivity index (χ0) is 23.0. The summed E-state index contributed by atoms with van der Waals surface area (Å²) in [5.74, 6) is -1.37. The number of hydrogen-bond acceptors (Lipinski definition) is 4. The van der Waals surface area contributed by atoms with Crippen molar-refractivity contribution >= 4 is 28.4 Å². The number of aromatic amines is 1. The van der Waals surface area contributed by atoms with Gasteiger partial charge in [-0.05, 0) is 37.3 Å². The van der Waals surface area contributed by atoms with E-state index < -0.39 is 11.9 Å². The Morgan fingerprint density at radius 3 is 2.66 bits per heavy atom. The summed E-state index contributed by atoms with van der Waals surface area (Å²) in [6, 6.07) is 6.82. The smallest absolute Gasteiger partial charge is 0.275 e. The number of rotatable bonds is 5. The molecule has 0 aliphatic carbocycles. The van der Waals surface area contributed by atoms with Gasteiger partial charge in [-0.3, -0.25) is 14.4 Å². The third kappa shape index (κ3) is 3.77. The van der Waals surface area contributed by atoms with Gasteiger partial charge in [0.2, 0.25) is 5.91 Å². The molecule has 1 saturated heterocycles. The minimum absolute atomic E-state index is 0.189. The van der Waals surface area contributed by atoms with Crippen molar-refractivity contribution in [3.8, 4) is 0 Å². The van der Waals surface area contributed by atoms with E-state index in [1.807, 2.05) is 4.90 Å². The lowest BCUT2D eigenvalue weighted by Crippen LogP contribution is -2.60. The molecule has 0 radical (unpaired) electrons. The normalized spacial score (nSPS) is 16.4. The quantitative estimate of drug-likeness (QED) is 0.594. The number of piperazine rings is 1. The second-order valence-electron chi connectivity index (χ2n) is 7.87. The molecule has 166 valence electrons. The molecule has 1 aliphatic rings. The molecule has 0 saturated carbocycles. The number of aromatic nitrogens is 2. The van der Waals surface area contributed by atoms with E-state index in [1.54, 1.807) is 31.2 Å². The van der Waals surface area contributed by atoms with Gasteiger partial charge in [0.25, 0.3) is 11.5 Å². The Labute approximate surface area is 183 Å². The summed E-state index contributed by atoms with van der Waals surface area (Å²) in [6.45, 7) is 6.60. The van der Waals surface area contributed by atoms with Gasteiger partial charge >= 0.3 is 0 Å². The van der Waals surface area contributed by atoms with Crippen molar-refractivity contribution in [2.45, 2.75) is 19.5 Å². The maximum absolute atomic E-state index is 13.6. The molecule has 2 amide bonds. The Bertz CT molecular complexity index is 1260. The summed E-state index contributed by atoms with van der Waals surface area (Å²) in [4.78, 5) is 45.0. The number of anilines is 1. The predicted molar refractivity (Wildman–Crippen MR) is 120 cm³/mol. The minimum Gasteiger partial charge on any atom is -0.368 e. The number of hydrogen-bond donors (Lipinski definition) is 2. The Morgan fingerprint density at radius 2 is 2.00 bits per heavy atom. The summed E-state index contributed by atoms with van der Waals surface area (Å²) in [7, 11) is 0. The lowest BCUT2D eigenvalue weighted by atomic mass is 10.1. The van der Waals surface area contributed by atoms with Crippen molar-refractivity contribution < 1.29 is 14.0 Å². The molecule has 0 spiro atoms. The Balaban J connectivity index is 1.71. The van der Waals surface area contributed by atoms with Gasteiger partial charge in [0.1, 0.15) is 17.4 Å². The van der Waals surface area contributed by atoms with Crippen molar-refractivity contribution in [2.75, 3.05) is 24.5 Å². The third-order valence-corrected chi connectivity index (χ3v) is 5.72. The molecule has 9 heteroatoms. The topological polar surface area (TPSA) is 104 Å².